The summed E-state index contributed by atoms with van der Waals surface area (Å²) in [5.74, 6) is 0.371. The molecule has 0 radical (unpaired) electrons. The molecule has 0 unspecified atom stereocenters. The minimum atomic E-state index is -0.0804. The maximum atomic E-state index is 11.3. The third-order valence-corrected chi connectivity index (χ3v) is 2.96. The van der Waals surface area contributed by atoms with Crippen LogP contribution in [0, 0.1) is 11.8 Å². The van der Waals surface area contributed by atoms with Gasteiger partial charge in [0.25, 0.3) is 0 Å². The largest absolute Gasteiger partial charge is 0.296 e. The summed E-state index contributed by atoms with van der Waals surface area (Å²) in [6.07, 6.45) is 4.93. The van der Waals surface area contributed by atoms with Crippen LogP contribution >= 0.6 is 0 Å². The first-order valence-corrected chi connectivity index (χ1v) is 4.61. The third kappa shape index (κ3) is 1.24. The first kappa shape index (κ1) is 7.77. The molecule has 2 rings (SSSR count). The van der Waals surface area contributed by atoms with Gasteiger partial charge < -0.3 is 0 Å². The zero-order valence-corrected chi connectivity index (χ0v) is 7.01. The molecule has 1 N–H and O–H groups in total. The van der Waals surface area contributed by atoms with Gasteiger partial charge in [-0.2, -0.15) is 0 Å². The monoisotopic (exact) mass is 167 g/mol. The van der Waals surface area contributed by atoms with Gasteiger partial charge in [0.15, 0.2) is 0 Å². The van der Waals surface area contributed by atoms with Gasteiger partial charge in [0.1, 0.15) is 0 Å². The van der Waals surface area contributed by atoms with Crippen LogP contribution in [0.15, 0.2) is 0 Å². The van der Waals surface area contributed by atoms with Gasteiger partial charge in [-0.05, 0) is 18.8 Å². The fourth-order valence-corrected chi connectivity index (χ4v) is 2.32. The molecule has 2 fully saturated rings. The van der Waals surface area contributed by atoms with E-state index in [1.54, 1.807) is 0 Å². The van der Waals surface area contributed by atoms with E-state index in [1.807, 2.05) is 0 Å². The van der Waals surface area contributed by atoms with Crippen molar-refractivity contribution >= 4 is 11.8 Å². The van der Waals surface area contributed by atoms with E-state index >= 15 is 0 Å². The SMILES string of the molecule is O=C1C[C@@H]2CCCC[C@H]2C(=O)N1. The molecule has 0 spiro atoms. The highest BCUT2D eigenvalue weighted by molar-refractivity contribution is 5.99. The van der Waals surface area contributed by atoms with Crippen molar-refractivity contribution in [2.45, 2.75) is 32.1 Å². The van der Waals surface area contributed by atoms with Crippen molar-refractivity contribution < 1.29 is 9.59 Å². The molecule has 3 nitrogen and oxygen atoms in total. The number of rotatable bonds is 0. The highest BCUT2D eigenvalue weighted by Crippen LogP contribution is 2.34. The van der Waals surface area contributed by atoms with Crippen LogP contribution in [0.5, 0.6) is 0 Å². The summed E-state index contributed by atoms with van der Waals surface area (Å²) in [5, 5.41) is 2.40. The molecule has 0 bridgehead atoms. The van der Waals surface area contributed by atoms with Crippen LogP contribution in [0.25, 0.3) is 0 Å². The molecule has 2 aliphatic rings. The van der Waals surface area contributed by atoms with Gasteiger partial charge in [-0.25, -0.2) is 0 Å². The van der Waals surface area contributed by atoms with E-state index in [0.717, 1.165) is 19.3 Å². The van der Waals surface area contributed by atoms with Crippen molar-refractivity contribution in [3.8, 4) is 0 Å². The highest BCUT2D eigenvalue weighted by Gasteiger charge is 2.36. The maximum Gasteiger partial charge on any atom is 0.229 e. The summed E-state index contributed by atoms with van der Waals surface area (Å²) < 4.78 is 0. The molecule has 1 saturated heterocycles. The number of nitrogens with one attached hydrogen (secondary N) is 1. The average molecular weight is 167 g/mol. The molecule has 2 amide bonds. The van der Waals surface area contributed by atoms with Crippen LogP contribution in [0.3, 0.4) is 0 Å². The molecule has 3 heteroatoms. The molecule has 12 heavy (non-hydrogen) atoms. The van der Waals surface area contributed by atoms with Gasteiger partial charge in [-0.3, -0.25) is 14.9 Å². The van der Waals surface area contributed by atoms with Crippen molar-refractivity contribution in [3.63, 3.8) is 0 Å². The number of piperidine rings is 1. The molecule has 1 aliphatic carbocycles. The summed E-state index contributed by atoms with van der Waals surface area (Å²) >= 11 is 0. The molecule has 0 aromatic heterocycles. The van der Waals surface area contributed by atoms with E-state index in [2.05, 4.69) is 5.32 Å². The lowest BCUT2D eigenvalue weighted by Gasteiger charge is -2.33. The Labute approximate surface area is 71.5 Å². The lowest BCUT2D eigenvalue weighted by atomic mass is 9.75. The lowest BCUT2D eigenvalue weighted by Crippen LogP contribution is -2.46. The molecule has 1 aliphatic heterocycles. The molecule has 1 heterocycles. The first-order chi connectivity index (χ1) is 5.77. The van der Waals surface area contributed by atoms with E-state index in [1.165, 1.54) is 6.42 Å². The van der Waals surface area contributed by atoms with Crippen molar-refractivity contribution in [3.05, 3.63) is 0 Å². The van der Waals surface area contributed by atoms with Gasteiger partial charge >= 0.3 is 0 Å². The van der Waals surface area contributed by atoms with Crippen molar-refractivity contribution in [1.29, 1.82) is 0 Å². The van der Waals surface area contributed by atoms with Gasteiger partial charge in [-0.15, -0.1) is 0 Å². The van der Waals surface area contributed by atoms with Gasteiger partial charge in [0, 0.05) is 12.3 Å². The standard InChI is InChI=1S/C9H13NO2/c11-8-5-6-3-1-2-4-7(6)9(12)10-8/h6-7H,1-5H2,(H,10,11,12)/t6-,7+/m0/s1. The fourth-order valence-electron chi connectivity index (χ4n) is 2.32. The van der Waals surface area contributed by atoms with E-state index in [0.29, 0.717) is 12.3 Å². The molecule has 0 aromatic carbocycles. The summed E-state index contributed by atoms with van der Waals surface area (Å²) in [6.45, 7) is 0. The van der Waals surface area contributed by atoms with E-state index in [4.69, 9.17) is 0 Å². The summed E-state index contributed by atoms with van der Waals surface area (Å²) in [6, 6.07) is 0. The Morgan fingerprint density at radius 3 is 2.75 bits per heavy atom. The zero-order chi connectivity index (χ0) is 8.55. The number of hydrogen-bond acceptors (Lipinski definition) is 2. The molecular weight excluding hydrogens is 154 g/mol. The van der Waals surface area contributed by atoms with E-state index in [-0.39, 0.29) is 17.7 Å². The van der Waals surface area contributed by atoms with Crippen LogP contribution in [-0.2, 0) is 9.59 Å². The Morgan fingerprint density at radius 1 is 1.17 bits per heavy atom. The number of carbonyl (C=O) groups excluding carboxylic acids is 2. The second-order valence-electron chi connectivity index (χ2n) is 3.77. The zero-order valence-electron chi connectivity index (χ0n) is 7.01. The summed E-state index contributed by atoms with van der Waals surface area (Å²) in [5.41, 5.74) is 0. The second kappa shape index (κ2) is 2.88. The average Bonchev–Trinajstić information content (AvgIpc) is 2.04. The Balaban J connectivity index is 2.11. The van der Waals surface area contributed by atoms with Crippen molar-refractivity contribution in [2.24, 2.45) is 11.8 Å². The van der Waals surface area contributed by atoms with Crippen LogP contribution < -0.4 is 5.32 Å². The lowest BCUT2D eigenvalue weighted by molar-refractivity contribution is -0.140. The predicted octanol–water partition coefficient (Wildman–Crippen LogP) is 0.839. The maximum absolute atomic E-state index is 11.3. The molecule has 2 atom stereocenters. The van der Waals surface area contributed by atoms with Crippen LogP contribution in [-0.4, -0.2) is 11.8 Å². The number of amides is 2. The van der Waals surface area contributed by atoms with Gasteiger partial charge in [-0.1, -0.05) is 12.8 Å². The first-order valence-electron chi connectivity index (χ1n) is 4.61. The van der Waals surface area contributed by atoms with E-state index < -0.39 is 0 Å². The smallest absolute Gasteiger partial charge is 0.229 e. The number of carbonyl (C=O) groups is 2. The summed E-state index contributed by atoms with van der Waals surface area (Å²) in [7, 11) is 0. The normalized spacial score (nSPS) is 35.7. The van der Waals surface area contributed by atoms with Gasteiger partial charge in [0.2, 0.25) is 11.8 Å². The quantitative estimate of drug-likeness (QED) is 0.543. The molecule has 1 saturated carbocycles. The molecular formula is C9H13NO2. The van der Waals surface area contributed by atoms with Gasteiger partial charge in [0.05, 0.1) is 0 Å². The topological polar surface area (TPSA) is 46.2 Å². The Morgan fingerprint density at radius 2 is 1.92 bits per heavy atom. The van der Waals surface area contributed by atoms with Crippen LogP contribution in [0.2, 0.25) is 0 Å². The molecule has 66 valence electrons. The van der Waals surface area contributed by atoms with Crippen LogP contribution in [0.1, 0.15) is 32.1 Å². The minimum Gasteiger partial charge on any atom is -0.296 e. The number of imide groups is 1. The predicted molar refractivity (Wildman–Crippen MR) is 43.2 cm³/mol. The Hall–Kier alpha value is -0.860. The number of fused-ring (bicyclic) bond motifs is 1. The second-order valence-corrected chi connectivity index (χ2v) is 3.77. The Bertz CT molecular complexity index is 225. The van der Waals surface area contributed by atoms with E-state index in [9.17, 15) is 9.59 Å². The number of hydrogen-bond donors (Lipinski definition) is 1. The molecule has 0 aromatic rings. The van der Waals surface area contributed by atoms with Crippen molar-refractivity contribution in [1.82, 2.24) is 5.32 Å². The fraction of sp³-hybridized carbons (Fsp3) is 0.778. The van der Waals surface area contributed by atoms with Crippen LogP contribution in [0.4, 0.5) is 0 Å². The highest BCUT2D eigenvalue weighted by atomic mass is 16.2. The Kier molecular flexibility index (Phi) is 1.87. The van der Waals surface area contributed by atoms with Crippen molar-refractivity contribution in [2.75, 3.05) is 0 Å². The summed E-state index contributed by atoms with van der Waals surface area (Å²) in [4.78, 5) is 22.3. The minimum absolute atomic E-state index is 0.0315. The third-order valence-electron chi connectivity index (χ3n) is 2.96.